The van der Waals surface area contributed by atoms with Gasteiger partial charge in [0.1, 0.15) is 10.5 Å². The van der Waals surface area contributed by atoms with Gasteiger partial charge in [-0.25, -0.2) is 4.79 Å². The van der Waals surface area contributed by atoms with Gasteiger partial charge in [-0.2, -0.15) is 5.10 Å². The predicted molar refractivity (Wildman–Crippen MR) is 100.0 cm³/mol. The number of H-pyrrole nitrogens is 1. The third-order valence-electron chi connectivity index (χ3n) is 5.52. The molecule has 2 aromatic heterocycles. The molecule has 2 aliphatic heterocycles. The third kappa shape index (κ3) is 3.64. The van der Waals surface area contributed by atoms with Crippen molar-refractivity contribution >= 4 is 23.2 Å². The fraction of sp³-hybridized carbons (Fsp3) is 0.526. The molecule has 144 valence electrons. The van der Waals surface area contributed by atoms with Crippen LogP contribution in [0.4, 0.5) is 0 Å². The number of hydrogen-bond acceptors (Lipinski definition) is 5. The molecular formula is C19H23N3O4S. The lowest BCUT2D eigenvalue weighted by Crippen LogP contribution is -2.47. The van der Waals surface area contributed by atoms with Crippen LogP contribution in [0.25, 0.3) is 0 Å². The van der Waals surface area contributed by atoms with Gasteiger partial charge in [0.05, 0.1) is 12.8 Å². The number of likely N-dealkylation sites (tertiary alicyclic amines) is 1. The fourth-order valence-electron chi connectivity index (χ4n) is 4.03. The topological polar surface area (TPSA) is 95.5 Å². The summed E-state index contributed by atoms with van der Waals surface area (Å²) in [6.07, 6.45) is 8.07. The van der Waals surface area contributed by atoms with Gasteiger partial charge in [0.25, 0.3) is 0 Å². The van der Waals surface area contributed by atoms with E-state index in [1.165, 1.54) is 11.3 Å². The van der Waals surface area contributed by atoms with E-state index in [0.717, 1.165) is 48.1 Å². The number of nitrogens with one attached hydrogen (secondary N) is 1. The highest BCUT2D eigenvalue weighted by Gasteiger charge is 2.43. The van der Waals surface area contributed by atoms with Gasteiger partial charge in [0.2, 0.25) is 5.91 Å². The molecule has 2 aromatic rings. The number of piperidine rings is 1. The minimum atomic E-state index is -0.880. The van der Waals surface area contributed by atoms with E-state index in [-0.39, 0.29) is 5.91 Å². The van der Waals surface area contributed by atoms with Gasteiger partial charge in [-0.15, -0.1) is 11.3 Å². The van der Waals surface area contributed by atoms with Crippen LogP contribution in [0.1, 0.15) is 51.4 Å². The number of ether oxygens (including phenoxy) is 1. The maximum atomic E-state index is 12.5. The highest BCUT2D eigenvalue weighted by molar-refractivity contribution is 7.14. The summed E-state index contributed by atoms with van der Waals surface area (Å²) in [5, 5.41) is 16.0. The Morgan fingerprint density at radius 3 is 2.89 bits per heavy atom. The number of aromatic amines is 1. The number of carbonyl (C=O) groups excluding carboxylic acids is 1. The Morgan fingerprint density at radius 2 is 2.19 bits per heavy atom. The standard InChI is InChI=1S/C19H23N3O4S/c23-16(3-1-2-13-11-20-21-12-13)22-7-5-19(6-8-22)17-14(4-9-26-19)10-15(27-17)18(24)25/h10-12H,1-9H2,(H,20,21)(H,24,25). The van der Waals surface area contributed by atoms with E-state index in [9.17, 15) is 14.7 Å². The number of rotatable bonds is 5. The molecule has 0 unspecified atom stereocenters. The Labute approximate surface area is 161 Å². The average Bonchev–Trinajstić information content (AvgIpc) is 3.32. The second-order valence-electron chi connectivity index (χ2n) is 7.20. The van der Waals surface area contributed by atoms with Gasteiger partial charge in [0, 0.05) is 30.6 Å². The summed E-state index contributed by atoms with van der Waals surface area (Å²) in [5.41, 5.74) is 1.80. The van der Waals surface area contributed by atoms with Crippen molar-refractivity contribution in [3.63, 3.8) is 0 Å². The van der Waals surface area contributed by atoms with Crippen LogP contribution in [-0.2, 0) is 28.0 Å². The number of carbonyl (C=O) groups is 2. The van der Waals surface area contributed by atoms with Crippen LogP contribution in [0.5, 0.6) is 0 Å². The summed E-state index contributed by atoms with van der Waals surface area (Å²) in [4.78, 5) is 27.2. The fourth-order valence-corrected chi connectivity index (χ4v) is 5.28. The molecular weight excluding hydrogens is 366 g/mol. The van der Waals surface area contributed by atoms with Crippen LogP contribution in [0, 0.1) is 0 Å². The maximum absolute atomic E-state index is 12.5. The molecule has 0 aromatic carbocycles. The SMILES string of the molecule is O=C(O)c1cc2c(s1)C1(CCN(C(=O)CCCc3cn[nH]c3)CC1)OCC2. The van der Waals surface area contributed by atoms with Crippen molar-refractivity contribution in [2.75, 3.05) is 19.7 Å². The zero-order valence-corrected chi connectivity index (χ0v) is 15.9. The van der Waals surface area contributed by atoms with Crippen LogP contribution in [-0.4, -0.2) is 51.8 Å². The first kappa shape index (κ1) is 18.2. The minimum Gasteiger partial charge on any atom is -0.477 e. The highest BCUT2D eigenvalue weighted by atomic mass is 32.1. The van der Waals surface area contributed by atoms with Crippen molar-refractivity contribution in [2.45, 2.75) is 44.1 Å². The van der Waals surface area contributed by atoms with E-state index in [0.29, 0.717) is 31.0 Å². The number of carboxylic acid groups (broad SMARTS) is 1. The van der Waals surface area contributed by atoms with Crippen LogP contribution >= 0.6 is 11.3 Å². The number of amides is 1. The zero-order valence-electron chi connectivity index (χ0n) is 15.1. The molecule has 0 radical (unpaired) electrons. The van der Waals surface area contributed by atoms with E-state index >= 15 is 0 Å². The van der Waals surface area contributed by atoms with Gasteiger partial charge in [0.15, 0.2) is 0 Å². The Kier molecular flexibility index (Phi) is 5.01. The summed E-state index contributed by atoms with van der Waals surface area (Å²) in [5.74, 6) is -0.698. The lowest BCUT2D eigenvalue weighted by molar-refractivity contribution is -0.140. The first-order valence-electron chi connectivity index (χ1n) is 9.33. The Balaban J connectivity index is 1.36. The summed E-state index contributed by atoms with van der Waals surface area (Å²) >= 11 is 1.33. The lowest BCUT2D eigenvalue weighted by Gasteiger charge is -2.43. The summed E-state index contributed by atoms with van der Waals surface area (Å²) in [6.45, 7) is 1.93. The molecule has 0 atom stereocenters. The summed E-state index contributed by atoms with van der Waals surface area (Å²) in [6, 6.07) is 1.79. The normalized spacial score (nSPS) is 18.4. The number of carboxylic acids is 1. The molecule has 4 rings (SSSR count). The van der Waals surface area contributed by atoms with Gasteiger partial charge in [-0.05, 0) is 49.3 Å². The second-order valence-corrected chi connectivity index (χ2v) is 8.26. The zero-order chi connectivity index (χ0) is 18.9. The minimum absolute atomic E-state index is 0.182. The molecule has 2 N–H and O–H groups in total. The molecule has 0 bridgehead atoms. The van der Waals surface area contributed by atoms with Crippen LogP contribution in [0.3, 0.4) is 0 Å². The quantitative estimate of drug-likeness (QED) is 0.819. The monoisotopic (exact) mass is 389 g/mol. The molecule has 1 saturated heterocycles. The number of nitrogens with zero attached hydrogens (tertiary/aromatic N) is 2. The van der Waals surface area contributed by atoms with E-state index in [4.69, 9.17) is 4.74 Å². The molecule has 1 spiro atoms. The second kappa shape index (κ2) is 7.44. The first-order valence-corrected chi connectivity index (χ1v) is 10.1. The molecule has 1 amide bonds. The first-order chi connectivity index (χ1) is 13.1. The number of aryl methyl sites for hydroxylation is 1. The molecule has 1 fully saturated rings. The Morgan fingerprint density at radius 1 is 1.37 bits per heavy atom. The molecule has 0 aliphatic carbocycles. The van der Waals surface area contributed by atoms with E-state index in [2.05, 4.69) is 10.2 Å². The smallest absolute Gasteiger partial charge is 0.345 e. The number of aromatic nitrogens is 2. The van der Waals surface area contributed by atoms with Gasteiger partial charge in [-0.1, -0.05) is 0 Å². The number of thiophene rings is 1. The lowest BCUT2D eigenvalue weighted by atomic mass is 9.85. The van der Waals surface area contributed by atoms with E-state index in [1.54, 1.807) is 12.3 Å². The van der Waals surface area contributed by atoms with Gasteiger partial charge in [-0.3, -0.25) is 9.89 Å². The summed E-state index contributed by atoms with van der Waals surface area (Å²) in [7, 11) is 0. The van der Waals surface area contributed by atoms with E-state index in [1.807, 2.05) is 11.1 Å². The number of hydrogen-bond donors (Lipinski definition) is 2. The Bertz CT molecular complexity index is 822. The van der Waals surface area contributed by atoms with Gasteiger partial charge >= 0.3 is 5.97 Å². The Hall–Kier alpha value is -2.19. The van der Waals surface area contributed by atoms with Crippen molar-refractivity contribution in [3.05, 3.63) is 39.3 Å². The summed E-state index contributed by atoms with van der Waals surface area (Å²) < 4.78 is 6.15. The number of aromatic carboxylic acids is 1. The van der Waals surface area contributed by atoms with Crippen molar-refractivity contribution < 1.29 is 19.4 Å². The van der Waals surface area contributed by atoms with Crippen molar-refractivity contribution in [1.29, 1.82) is 0 Å². The molecule has 7 nitrogen and oxygen atoms in total. The maximum Gasteiger partial charge on any atom is 0.345 e. The van der Waals surface area contributed by atoms with Crippen molar-refractivity contribution in [2.24, 2.45) is 0 Å². The van der Waals surface area contributed by atoms with E-state index < -0.39 is 11.6 Å². The molecule has 8 heteroatoms. The molecule has 2 aliphatic rings. The van der Waals surface area contributed by atoms with Crippen molar-refractivity contribution in [3.8, 4) is 0 Å². The van der Waals surface area contributed by atoms with Crippen LogP contribution < -0.4 is 0 Å². The third-order valence-corrected chi connectivity index (χ3v) is 6.87. The highest BCUT2D eigenvalue weighted by Crippen LogP contribution is 2.45. The molecule has 27 heavy (non-hydrogen) atoms. The molecule has 4 heterocycles. The average molecular weight is 389 g/mol. The molecule has 0 saturated carbocycles. The largest absolute Gasteiger partial charge is 0.477 e. The number of fused-ring (bicyclic) bond motifs is 2. The predicted octanol–water partition coefficient (Wildman–Crippen LogP) is 2.58. The van der Waals surface area contributed by atoms with Crippen LogP contribution in [0.2, 0.25) is 0 Å². The van der Waals surface area contributed by atoms with Crippen LogP contribution in [0.15, 0.2) is 18.5 Å². The van der Waals surface area contributed by atoms with Crippen molar-refractivity contribution in [1.82, 2.24) is 15.1 Å². The van der Waals surface area contributed by atoms with Gasteiger partial charge < -0.3 is 14.7 Å².